The molecule has 0 radical (unpaired) electrons. The van der Waals surface area contributed by atoms with Crippen LogP contribution in [-0.4, -0.2) is 60.9 Å². The molecule has 6 nitrogen and oxygen atoms in total. The average molecular weight is 390 g/mol. The molecule has 1 fully saturated rings. The summed E-state index contributed by atoms with van der Waals surface area (Å²) in [6.07, 6.45) is 1.80. The van der Waals surface area contributed by atoms with Crippen molar-refractivity contribution in [2.45, 2.75) is 13.3 Å². The Labute approximate surface area is 162 Å². The first-order chi connectivity index (χ1) is 13.6. The Hall–Kier alpha value is -2.90. The molecule has 0 atom stereocenters. The molecule has 1 aliphatic heterocycles. The van der Waals surface area contributed by atoms with Gasteiger partial charge in [-0.1, -0.05) is 0 Å². The topological polar surface area (TPSA) is 61.1 Å². The van der Waals surface area contributed by atoms with E-state index in [4.69, 9.17) is 4.42 Å². The normalized spacial score (nSPS) is 15.0. The molecule has 1 amide bonds. The first-order valence-electron chi connectivity index (χ1n) is 9.38. The molecule has 1 aromatic heterocycles. The van der Waals surface area contributed by atoms with Crippen molar-refractivity contribution in [1.29, 1.82) is 0 Å². The van der Waals surface area contributed by atoms with Crippen LogP contribution in [0.15, 0.2) is 46.0 Å². The van der Waals surface area contributed by atoms with Gasteiger partial charge in [0.05, 0.1) is 6.26 Å². The van der Waals surface area contributed by atoms with Gasteiger partial charge in [0.2, 0.25) is 0 Å². The second-order valence-corrected chi connectivity index (χ2v) is 6.48. The molecule has 1 aliphatic rings. The maximum Gasteiger partial charge on any atom is 0.289 e. The number of carbonyl (C=O) groups is 1. The summed E-state index contributed by atoms with van der Waals surface area (Å²) in [5.41, 5.74) is 0.313. The maximum absolute atomic E-state index is 13.7. The monoisotopic (exact) mass is 390 g/mol. The number of aliphatic imine (C=N–C) groups is 1. The minimum absolute atomic E-state index is 0.117. The first-order valence-corrected chi connectivity index (χ1v) is 9.38. The highest BCUT2D eigenvalue weighted by molar-refractivity contribution is 5.91. The molecule has 150 valence electrons. The van der Waals surface area contributed by atoms with E-state index < -0.39 is 11.6 Å². The molecule has 1 N–H and O–H groups in total. The van der Waals surface area contributed by atoms with Gasteiger partial charge in [-0.3, -0.25) is 9.79 Å². The molecular weight excluding hydrogens is 366 g/mol. The number of guanidine groups is 1. The Morgan fingerprint density at radius 3 is 2.61 bits per heavy atom. The van der Waals surface area contributed by atoms with Crippen molar-refractivity contribution >= 4 is 11.9 Å². The van der Waals surface area contributed by atoms with E-state index in [0.717, 1.165) is 12.1 Å². The van der Waals surface area contributed by atoms with Gasteiger partial charge in [-0.05, 0) is 49.2 Å². The second kappa shape index (κ2) is 9.34. The van der Waals surface area contributed by atoms with Gasteiger partial charge in [0.15, 0.2) is 11.7 Å². The molecule has 0 spiro atoms. The van der Waals surface area contributed by atoms with E-state index in [1.165, 1.54) is 12.3 Å². The number of rotatable bonds is 5. The maximum atomic E-state index is 13.7. The summed E-state index contributed by atoms with van der Waals surface area (Å²) < 4.78 is 32.2. The van der Waals surface area contributed by atoms with Crippen LogP contribution < -0.4 is 5.32 Å². The van der Waals surface area contributed by atoms with Crippen molar-refractivity contribution in [2.75, 3.05) is 39.3 Å². The largest absolute Gasteiger partial charge is 0.459 e. The molecule has 0 bridgehead atoms. The van der Waals surface area contributed by atoms with E-state index in [9.17, 15) is 13.6 Å². The summed E-state index contributed by atoms with van der Waals surface area (Å²) in [7, 11) is 0. The summed E-state index contributed by atoms with van der Waals surface area (Å²) >= 11 is 0. The van der Waals surface area contributed by atoms with Gasteiger partial charge < -0.3 is 19.5 Å². The van der Waals surface area contributed by atoms with E-state index in [0.29, 0.717) is 63.0 Å². The summed E-state index contributed by atoms with van der Waals surface area (Å²) in [5.74, 6) is 0.0556. The van der Waals surface area contributed by atoms with Crippen LogP contribution in [0.1, 0.15) is 23.0 Å². The highest BCUT2D eigenvalue weighted by Crippen LogP contribution is 2.12. The van der Waals surface area contributed by atoms with Gasteiger partial charge in [-0.2, -0.15) is 0 Å². The lowest BCUT2D eigenvalue weighted by Gasteiger charge is -2.36. The number of carbonyl (C=O) groups excluding carboxylic acids is 1. The SMILES string of the molecule is CCNC(=NCCc1cc(F)ccc1F)N1CCN(C(=O)c2ccco2)CC1. The number of hydrogen-bond donors (Lipinski definition) is 1. The van der Waals surface area contributed by atoms with Gasteiger partial charge in [0.1, 0.15) is 11.6 Å². The highest BCUT2D eigenvalue weighted by atomic mass is 19.1. The Balaban J connectivity index is 1.57. The first kappa shape index (κ1) is 19.9. The molecule has 0 unspecified atom stereocenters. The number of benzene rings is 1. The van der Waals surface area contributed by atoms with E-state index in [2.05, 4.69) is 15.2 Å². The van der Waals surface area contributed by atoms with E-state index in [-0.39, 0.29) is 5.91 Å². The Morgan fingerprint density at radius 1 is 1.18 bits per heavy atom. The standard InChI is InChI=1S/C20H24F2N4O2/c1-2-23-20(24-8-7-15-14-16(21)5-6-17(15)22)26-11-9-25(10-12-26)19(27)18-4-3-13-28-18/h3-6,13-14H,2,7-12H2,1H3,(H,23,24). The summed E-state index contributed by atoms with van der Waals surface area (Å²) in [6, 6.07) is 6.80. The van der Waals surface area contributed by atoms with Crippen molar-refractivity contribution in [3.63, 3.8) is 0 Å². The molecule has 28 heavy (non-hydrogen) atoms. The lowest BCUT2D eigenvalue weighted by molar-refractivity contribution is 0.0657. The predicted molar refractivity (Wildman–Crippen MR) is 102 cm³/mol. The van der Waals surface area contributed by atoms with Crippen molar-refractivity contribution in [3.05, 3.63) is 59.6 Å². The van der Waals surface area contributed by atoms with Gasteiger partial charge >= 0.3 is 0 Å². The zero-order valence-electron chi connectivity index (χ0n) is 15.8. The fourth-order valence-electron chi connectivity index (χ4n) is 3.12. The van der Waals surface area contributed by atoms with Crippen LogP contribution in [0.4, 0.5) is 8.78 Å². The molecule has 2 aromatic rings. The zero-order valence-corrected chi connectivity index (χ0v) is 15.8. The van der Waals surface area contributed by atoms with Crippen molar-refractivity contribution in [1.82, 2.24) is 15.1 Å². The number of hydrogen-bond acceptors (Lipinski definition) is 3. The molecule has 3 rings (SSSR count). The Kier molecular flexibility index (Phi) is 6.62. The average Bonchev–Trinajstić information content (AvgIpc) is 3.24. The third kappa shape index (κ3) is 4.88. The van der Waals surface area contributed by atoms with Crippen molar-refractivity contribution in [3.8, 4) is 0 Å². The van der Waals surface area contributed by atoms with Crippen LogP contribution >= 0.6 is 0 Å². The molecule has 0 saturated carbocycles. The number of amides is 1. The zero-order chi connectivity index (χ0) is 19.9. The number of nitrogens with one attached hydrogen (secondary N) is 1. The number of halogens is 2. The van der Waals surface area contributed by atoms with Crippen LogP contribution in [0.3, 0.4) is 0 Å². The van der Waals surface area contributed by atoms with Gasteiger partial charge in [0.25, 0.3) is 5.91 Å². The smallest absolute Gasteiger partial charge is 0.289 e. The third-order valence-electron chi connectivity index (χ3n) is 4.58. The van der Waals surface area contributed by atoms with Crippen LogP contribution in [0.25, 0.3) is 0 Å². The van der Waals surface area contributed by atoms with E-state index in [1.54, 1.807) is 17.0 Å². The number of nitrogens with zero attached hydrogens (tertiary/aromatic N) is 3. The fraction of sp³-hybridized carbons (Fsp3) is 0.400. The van der Waals surface area contributed by atoms with Crippen molar-refractivity contribution < 1.29 is 18.0 Å². The number of furan rings is 1. The third-order valence-corrected chi connectivity index (χ3v) is 4.58. The summed E-state index contributed by atoms with van der Waals surface area (Å²) in [4.78, 5) is 20.7. The Bertz CT molecular complexity index is 816. The highest BCUT2D eigenvalue weighted by Gasteiger charge is 2.25. The minimum atomic E-state index is -0.454. The summed E-state index contributed by atoms with van der Waals surface area (Å²) in [5, 5.41) is 3.22. The van der Waals surface area contributed by atoms with E-state index in [1.807, 2.05) is 6.92 Å². The lowest BCUT2D eigenvalue weighted by Crippen LogP contribution is -2.53. The van der Waals surface area contributed by atoms with Crippen LogP contribution in [0.2, 0.25) is 0 Å². The van der Waals surface area contributed by atoms with Gasteiger partial charge in [0, 0.05) is 39.3 Å². The molecule has 1 aromatic carbocycles. The second-order valence-electron chi connectivity index (χ2n) is 6.48. The quantitative estimate of drug-likeness (QED) is 0.630. The predicted octanol–water partition coefficient (Wildman–Crippen LogP) is 2.52. The molecule has 1 saturated heterocycles. The van der Waals surface area contributed by atoms with Gasteiger partial charge in [-0.25, -0.2) is 8.78 Å². The van der Waals surface area contributed by atoms with Gasteiger partial charge in [-0.15, -0.1) is 0 Å². The van der Waals surface area contributed by atoms with Crippen LogP contribution in [0.5, 0.6) is 0 Å². The molecule has 2 heterocycles. The van der Waals surface area contributed by atoms with Crippen molar-refractivity contribution in [2.24, 2.45) is 4.99 Å². The summed E-state index contributed by atoms with van der Waals surface area (Å²) in [6.45, 7) is 5.38. The fourth-order valence-corrected chi connectivity index (χ4v) is 3.12. The molecular formula is C20H24F2N4O2. The van der Waals surface area contributed by atoms with E-state index >= 15 is 0 Å². The minimum Gasteiger partial charge on any atom is -0.459 e. The lowest BCUT2D eigenvalue weighted by atomic mass is 10.1. The molecule has 0 aliphatic carbocycles. The van der Waals surface area contributed by atoms with Crippen LogP contribution in [0, 0.1) is 11.6 Å². The van der Waals surface area contributed by atoms with Crippen LogP contribution in [-0.2, 0) is 6.42 Å². The Morgan fingerprint density at radius 2 is 1.93 bits per heavy atom. The molecule has 8 heteroatoms. The number of piperazine rings is 1.